The third-order valence-electron chi connectivity index (χ3n) is 5.53. The van der Waals surface area contributed by atoms with Crippen molar-refractivity contribution in [3.05, 3.63) is 24.8 Å². The number of carbonyl (C=O) groups is 1. The maximum atomic E-state index is 12.2. The molecule has 1 aliphatic heterocycles. The molecule has 3 heterocycles. The molecule has 0 aromatic carbocycles. The highest BCUT2D eigenvalue weighted by Crippen LogP contribution is 2.28. The minimum Gasteiger partial charge on any atom is -0.356 e. The van der Waals surface area contributed by atoms with Crippen molar-refractivity contribution in [3.8, 4) is 0 Å². The predicted octanol–water partition coefficient (Wildman–Crippen LogP) is 2.69. The van der Waals surface area contributed by atoms with E-state index in [0.717, 1.165) is 55.5 Å². The zero-order valence-electron chi connectivity index (χ0n) is 14.5. The first-order valence-electron chi connectivity index (χ1n) is 9.38. The topological polar surface area (TPSA) is 71.0 Å². The van der Waals surface area contributed by atoms with Gasteiger partial charge in [0.1, 0.15) is 12.1 Å². The predicted molar refractivity (Wildman–Crippen MR) is 97.3 cm³/mol. The van der Waals surface area contributed by atoms with E-state index in [4.69, 9.17) is 0 Å². The number of pyridine rings is 1. The van der Waals surface area contributed by atoms with Gasteiger partial charge in [0.25, 0.3) is 0 Å². The van der Waals surface area contributed by atoms with Gasteiger partial charge in [0, 0.05) is 37.1 Å². The molecule has 0 radical (unpaired) electrons. The summed E-state index contributed by atoms with van der Waals surface area (Å²) in [7, 11) is 0. The Bertz CT molecular complexity index is 730. The first kappa shape index (κ1) is 16.2. The van der Waals surface area contributed by atoms with Gasteiger partial charge in [-0.2, -0.15) is 0 Å². The van der Waals surface area contributed by atoms with E-state index in [-0.39, 0.29) is 5.91 Å². The van der Waals surface area contributed by atoms with Crippen LogP contribution >= 0.6 is 0 Å². The largest absolute Gasteiger partial charge is 0.356 e. The average Bonchev–Trinajstić information content (AvgIpc) is 3.15. The van der Waals surface area contributed by atoms with Crippen molar-refractivity contribution < 1.29 is 4.79 Å². The maximum absolute atomic E-state index is 12.2. The fourth-order valence-electron chi connectivity index (χ4n) is 4.11. The molecule has 132 valence electrons. The Morgan fingerprint density at radius 1 is 1.16 bits per heavy atom. The van der Waals surface area contributed by atoms with Crippen molar-refractivity contribution in [2.24, 2.45) is 5.92 Å². The molecule has 0 atom stereocenters. The van der Waals surface area contributed by atoms with Crippen LogP contribution in [0.2, 0.25) is 0 Å². The van der Waals surface area contributed by atoms with Gasteiger partial charge in [-0.25, -0.2) is 9.97 Å². The molecule has 1 saturated carbocycles. The smallest absolute Gasteiger partial charge is 0.220 e. The summed E-state index contributed by atoms with van der Waals surface area (Å²) in [5.41, 5.74) is 0.880. The van der Waals surface area contributed by atoms with Crippen LogP contribution in [0.4, 0.5) is 5.82 Å². The SMILES string of the molecule is O=C(CC1CCN(c2ncnc3cnccc23)CC1)NC1CCCC1. The van der Waals surface area contributed by atoms with Gasteiger partial charge in [-0.15, -0.1) is 0 Å². The van der Waals surface area contributed by atoms with Crippen LogP contribution in [0.3, 0.4) is 0 Å². The van der Waals surface area contributed by atoms with Crippen molar-refractivity contribution in [2.75, 3.05) is 18.0 Å². The fraction of sp³-hybridized carbons (Fsp3) is 0.579. The van der Waals surface area contributed by atoms with E-state index in [9.17, 15) is 4.79 Å². The molecule has 6 heteroatoms. The number of carbonyl (C=O) groups excluding carboxylic acids is 1. The molecule has 0 unspecified atom stereocenters. The molecular formula is C19H25N5O. The van der Waals surface area contributed by atoms with E-state index >= 15 is 0 Å². The lowest BCUT2D eigenvalue weighted by molar-refractivity contribution is -0.122. The highest BCUT2D eigenvalue weighted by atomic mass is 16.1. The second kappa shape index (κ2) is 7.33. The Labute approximate surface area is 148 Å². The molecular weight excluding hydrogens is 314 g/mol. The molecule has 6 nitrogen and oxygen atoms in total. The zero-order valence-corrected chi connectivity index (χ0v) is 14.5. The van der Waals surface area contributed by atoms with Crippen LogP contribution in [0.25, 0.3) is 10.9 Å². The third-order valence-corrected chi connectivity index (χ3v) is 5.53. The summed E-state index contributed by atoms with van der Waals surface area (Å²) in [5.74, 6) is 1.71. The summed E-state index contributed by atoms with van der Waals surface area (Å²) in [6, 6.07) is 2.40. The third kappa shape index (κ3) is 3.72. The molecule has 2 fully saturated rings. The number of amides is 1. The number of fused-ring (bicyclic) bond motifs is 1. The molecule has 1 aliphatic carbocycles. The Morgan fingerprint density at radius 2 is 1.96 bits per heavy atom. The molecule has 25 heavy (non-hydrogen) atoms. The van der Waals surface area contributed by atoms with Crippen molar-refractivity contribution >= 4 is 22.6 Å². The minimum absolute atomic E-state index is 0.240. The first-order chi connectivity index (χ1) is 12.3. The number of hydrogen-bond donors (Lipinski definition) is 1. The van der Waals surface area contributed by atoms with E-state index in [1.807, 2.05) is 6.07 Å². The number of piperidine rings is 1. The van der Waals surface area contributed by atoms with Gasteiger partial charge < -0.3 is 10.2 Å². The second-order valence-corrected chi connectivity index (χ2v) is 7.27. The van der Waals surface area contributed by atoms with Gasteiger partial charge in [-0.1, -0.05) is 12.8 Å². The van der Waals surface area contributed by atoms with Crippen LogP contribution in [0, 0.1) is 5.92 Å². The number of hydrogen-bond acceptors (Lipinski definition) is 5. The number of anilines is 1. The molecule has 0 spiro atoms. The van der Waals surface area contributed by atoms with Gasteiger partial charge in [0.2, 0.25) is 5.91 Å². The summed E-state index contributed by atoms with van der Waals surface area (Å²) in [6.07, 6.45) is 12.7. The van der Waals surface area contributed by atoms with Crippen molar-refractivity contribution in [1.29, 1.82) is 0 Å². The standard InChI is InChI=1S/C19H25N5O/c25-18(23-15-3-1-2-4-15)11-14-6-9-24(10-7-14)19-16-5-8-20-12-17(16)21-13-22-19/h5,8,12-15H,1-4,6-7,9-11H2,(H,23,25). The fourth-order valence-corrected chi connectivity index (χ4v) is 4.11. The Morgan fingerprint density at radius 3 is 2.76 bits per heavy atom. The van der Waals surface area contributed by atoms with Gasteiger partial charge >= 0.3 is 0 Å². The summed E-state index contributed by atoms with van der Waals surface area (Å²) in [5, 5.41) is 4.26. The molecule has 1 amide bonds. The highest BCUT2D eigenvalue weighted by Gasteiger charge is 2.25. The van der Waals surface area contributed by atoms with Crippen LogP contribution in [0.1, 0.15) is 44.9 Å². The summed E-state index contributed by atoms with van der Waals surface area (Å²) >= 11 is 0. The van der Waals surface area contributed by atoms with Crippen LogP contribution in [-0.4, -0.2) is 40.0 Å². The van der Waals surface area contributed by atoms with Gasteiger partial charge in [-0.05, 0) is 37.7 Å². The Hall–Kier alpha value is -2.24. The average molecular weight is 339 g/mol. The Balaban J connectivity index is 1.34. The van der Waals surface area contributed by atoms with Gasteiger partial charge in [0.05, 0.1) is 11.7 Å². The second-order valence-electron chi connectivity index (χ2n) is 7.27. The highest BCUT2D eigenvalue weighted by molar-refractivity contribution is 5.88. The summed E-state index contributed by atoms with van der Waals surface area (Å²) < 4.78 is 0. The van der Waals surface area contributed by atoms with Crippen molar-refractivity contribution in [3.63, 3.8) is 0 Å². The number of nitrogens with zero attached hydrogens (tertiary/aromatic N) is 4. The normalized spacial score (nSPS) is 19.4. The van der Waals surface area contributed by atoms with E-state index < -0.39 is 0 Å². The lowest BCUT2D eigenvalue weighted by Crippen LogP contribution is -2.38. The van der Waals surface area contributed by atoms with Gasteiger partial charge in [0.15, 0.2) is 0 Å². The molecule has 0 bridgehead atoms. The molecule has 2 aliphatic rings. The van der Waals surface area contributed by atoms with E-state index in [1.54, 1.807) is 18.7 Å². The van der Waals surface area contributed by atoms with Crippen molar-refractivity contribution in [2.45, 2.75) is 51.0 Å². The zero-order chi connectivity index (χ0) is 17.1. The molecule has 2 aromatic heterocycles. The van der Waals surface area contributed by atoms with E-state index in [2.05, 4.69) is 25.2 Å². The minimum atomic E-state index is 0.240. The van der Waals surface area contributed by atoms with Crippen LogP contribution in [0.15, 0.2) is 24.8 Å². The van der Waals surface area contributed by atoms with Crippen molar-refractivity contribution in [1.82, 2.24) is 20.3 Å². The summed E-state index contributed by atoms with van der Waals surface area (Å²) in [6.45, 7) is 1.88. The Kier molecular flexibility index (Phi) is 4.76. The molecule has 1 N–H and O–H groups in total. The van der Waals surface area contributed by atoms with Gasteiger partial charge in [-0.3, -0.25) is 9.78 Å². The number of aromatic nitrogens is 3. The van der Waals surface area contributed by atoms with Crippen LogP contribution in [0.5, 0.6) is 0 Å². The first-order valence-corrected chi connectivity index (χ1v) is 9.38. The molecule has 4 rings (SSSR count). The van der Waals surface area contributed by atoms with E-state index in [1.165, 1.54) is 12.8 Å². The number of nitrogens with one attached hydrogen (secondary N) is 1. The molecule has 2 aromatic rings. The maximum Gasteiger partial charge on any atom is 0.220 e. The molecule has 1 saturated heterocycles. The van der Waals surface area contributed by atoms with Crippen LogP contribution in [-0.2, 0) is 4.79 Å². The number of rotatable bonds is 4. The van der Waals surface area contributed by atoms with E-state index in [0.29, 0.717) is 18.4 Å². The lowest BCUT2D eigenvalue weighted by Gasteiger charge is -2.33. The monoisotopic (exact) mass is 339 g/mol. The van der Waals surface area contributed by atoms with Crippen LogP contribution < -0.4 is 10.2 Å². The quantitative estimate of drug-likeness (QED) is 0.927. The summed E-state index contributed by atoms with van der Waals surface area (Å²) in [4.78, 5) is 27.5. The lowest BCUT2D eigenvalue weighted by atomic mass is 9.93.